The fraction of sp³-hybridized carbons (Fsp3) is 0.400. The summed E-state index contributed by atoms with van der Waals surface area (Å²) in [5, 5.41) is 3.53. The lowest BCUT2D eigenvalue weighted by Gasteiger charge is -2.16. The predicted octanol–water partition coefficient (Wildman–Crippen LogP) is 5.71. The molecule has 0 fully saturated rings. The molecule has 0 atom stereocenters. The third kappa shape index (κ3) is 4.79. The van der Waals surface area contributed by atoms with Crippen molar-refractivity contribution in [1.82, 2.24) is 0 Å². The maximum absolute atomic E-state index is 5.87. The molecule has 1 N–H and O–H groups in total. The van der Waals surface area contributed by atoms with Gasteiger partial charge in [-0.05, 0) is 84.7 Å². The molecule has 130 valence electrons. The van der Waals surface area contributed by atoms with Gasteiger partial charge in [0.15, 0.2) is 11.5 Å². The first kappa shape index (κ1) is 18.9. The van der Waals surface area contributed by atoms with Crippen molar-refractivity contribution in [3.05, 3.63) is 50.6 Å². The summed E-state index contributed by atoms with van der Waals surface area (Å²) in [5.74, 6) is 1.69. The minimum Gasteiger partial charge on any atom is -0.490 e. The first-order valence-electron chi connectivity index (χ1n) is 8.44. The van der Waals surface area contributed by atoms with Gasteiger partial charge in [-0.3, -0.25) is 0 Å². The molecule has 0 unspecified atom stereocenters. The second-order valence-electron chi connectivity index (χ2n) is 5.79. The molecule has 0 heterocycles. The highest BCUT2D eigenvalue weighted by Crippen LogP contribution is 2.34. The Morgan fingerprint density at radius 3 is 2.58 bits per heavy atom. The summed E-state index contributed by atoms with van der Waals surface area (Å²) in [5.41, 5.74) is 4.95. The van der Waals surface area contributed by atoms with Crippen LogP contribution in [0.3, 0.4) is 0 Å². The van der Waals surface area contributed by atoms with Crippen LogP contribution >= 0.6 is 22.6 Å². The number of halogens is 1. The van der Waals surface area contributed by atoms with Crippen molar-refractivity contribution in [3.8, 4) is 11.5 Å². The van der Waals surface area contributed by atoms with E-state index in [1.54, 1.807) is 0 Å². The summed E-state index contributed by atoms with van der Waals surface area (Å²) >= 11 is 2.32. The number of hydrogen-bond donors (Lipinski definition) is 1. The average molecular weight is 439 g/mol. The van der Waals surface area contributed by atoms with E-state index in [1.807, 2.05) is 6.92 Å². The van der Waals surface area contributed by atoms with Gasteiger partial charge in [0.25, 0.3) is 0 Å². The standard InChI is InChI=1S/C20H26INO2/c1-5-10-24-20-17(21)11-16(12-19(20)23-6-2)13-22-18-9-7-8-14(3)15(18)4/h7-9,11-12,22H,5-6,10,13H2,1-4H3. The van der Waals surface area contributed by atoms with Crippen molar-refractivity contribution in [2.45, 2.75) is 40.7 Å². The van der Waals surface area contributed by atoms with Crippen molar-refractivity contribution in [2.24, 2.45) is 0 Å². The van der Waals surface area contributed by atoms with Crippen LogP contribution in [-0.4, -0.2) is 13.2 Å². The van der Waals surface area contributed by atoms with Gasteiger partial charge in [-0.2, -0.15) is 0 Å². The Hall–Kier alpha value is -1.43. The van der Waals surface area contributed by atoms with Crippen molar-refractivity contribution in [3.63, 3.8) is 0 Å². The maximum atomic E-state index is 5.87. The summed E-state index contributed by atoms with van der Waals surface area (Å²) < 4.78 is 12.7. The SMILES string of the molecule is CCCOc1c(I)cc(CNc2cccc(C)c2C)cc1OCC. The van der Waals surface area contributed by atoms with Gasteiger partial charge in [0, 0.05) is 12.2 Å². The van der Waals surface area contributed by atoms with Gasteiger partial charge in [0.1, 0.15) is 0 Å². The number of rotatable bonds is 8. The van der Waals surface area contributed by atoms with E-state index in [-0.39, 0.29) is 0 Å². The highest BCUT2D eigenvalue weighted by Gasteiger charge is 2.12. The third-order valence-corrected chi connectivity index (χ3v) is 4.71. The van der Waals surface area contributed by atoms with Gasteiger partial charge in [-0.1, -0.05) is 19.1 Å². The van der Waals surface area contributed by atoms with Gasteiger partial charge in [-0.15, -0.1) is 0 Å². The van der Waals surface area contributed by atoms with Crippen LogP contribution < -0.4 is 14.8 Å². The molecule has 2 aromatic carbocycles. The molecule has 0 aromatic heterocycles. The largest absolute Gasteiger partial charge is 0.490 e. The van der Waals surface area contributed by atoms with Crippen LogP contribution in [-0.2, 0) is 6.54 Å². The number of nitrogens with one attached hydrogen (secondary N) is 1. The van der Waals surface area contributed by atoms with Crippen LogP contribution in [0.1, 0.15) is 37.0 Å². The third-order valence-electron chi connectivity index (χ3n) is 3.91. The Morgan fingerprint density at radius 2 is 1.88 bits per heavy atom. The van der Waals surface area contributed by atoms with E-state index in [0.29, 0.717) is 13.2 Å². The maximum Gasteiger partial charge on any atom is 0.174 e. The summed E-state index contributed by atoms with van der Waals surface area (Å²) in [6.45, 7) is 10.5. The molecular formula is C20H26INO2. The zero-order valence-electron chi connectivity index (χ0n) is 14.9. The first-order chi connectivity index (χ1) is 11.6. The molecule has 0 aliphatic rings. The Balaban J connectivity index is 2.19. The predicted molar refractivity (Wildman–Crippen MR) is 109 cm³/mol. The summed E-state index contributed by atoms with van der Waals surface area (Å²) in [4.78, 5) is 0. The molecule has 0 spiro atoms. The van der Waals surface area contributed by atoms with Gasteiger partial charge in [-0.25, -0.2) is 0 Å². The van der Waals surface area contributed by atoms with Gasteiger partial charge in [0.2, 0.25) is 0 Å². The molecule has 0 aliphatic carbocycles. The van der Waals surface area contributed by atoms with E-state index in [9.17, 15) is 0 Å². The Kier molecular flexibility index (Phi) is 7.21. The zero-order chi connectivity index (χ0) is 17.5. The van der Waals surface area contributed by atoms with Gasteiger partial charge >= 0.3 is 0 Å². The Bertz CT molecular complexity index is 686. The minimum atomic E-state index is 0.631. The number of hydrogen-bond acceptors (Lipinski definition) is 3. The summed E-state index contributed by atoms with van der Waals surface area (Å²) in [7, 11) is 0. The molecule has 0 amide bonds. The van der Waals surface area contributed by atoms with Crippen LogP contribution in [0.2, 0.25) is 0 Å². The monoisotopic (exact) mass is 439 g/mol. The molecule has 0 aliphatic heterocycles. The number of ether oxygens (including phenoxy) is 2. The lowest BCUT2D eigenvalue weighted by atomic mass is 10.1. The van der Waals surface area contributed by atoms with Gasteiger partial charge in [0.05, 0.1) is 16.8 Å². The summed E-state index contributed by atoms with van der Waals surface area (Å²) in [6, 6.07) is 10.6. The minimum absolute atomic E-state index is 0.631. The van der Waals surface area contributed by atoms with E-state index in [0.717, 1.165) is 28.0 Å². The van der Waals surface area contributed by atoms with Crippen LogP contribution in [0.5, 0.6) is 11.5 Å². The quantitative estimate of drug-likeness (QED) is 0.535. The molecule has 0 radical (unpaired) electrons. The lowest BCUT2D eigenvalue weighted by molar-refractivity contribution is 0.275. The Labute approximate surface area is 158 Å². The number of aryl methyl sites for hydroxylation is 1. The van der Waals surface area contributed by atoms with Crippen LogP contribution in [0.25, 0.3) is 0 Å². The van der Waals surface area contributed by atoms with Crippen molar-refractivity contribution >= 4 is 28.3 Å². The van der Waals surface area contributed by atoms with Crippen LogP contribution in [0, 0.1) is 17.4 Å². The first-order valence-corrected chi connectivity index (χ1v) is 9.52. The molecular weight excluding hydrogens is 413 g/mol. The highest BCUT2D eigenvalue weighted by atomic mass is 127. The topological polar surface area (TPSA) is 30.5 Å². The molecule has 2 rings (SSSR count). The van der Waals surface area contributed by atoms with E-state index in [4.69, 9.17) is 9.47 Å². The van der Waals surface area contributed by atoms with Crippen molar-refractivity contribution in [2.75, 3.05) is 18.5 Å². The van der Waals surface area contributed by atoms with E-state index in [1.165, 1.54) is 22.4 Å². The second kappa shape index (κ2) is 9.16. The van der Waals surface area contributed by atoms with Crippen LogP contribution in [0.15, 0.2) is 30.3 Å². The number of benzene rings is 2. The molecule has 3 nitrogen and oxygen atoms in total. The van der Waals surface area contributed by atoms with Crippen molar-refractivity contribution < 1.29 is 9.47 Å². The average Bonchev–Trinajstić information content (AvgIpc) is 2.56. The Morgan fingerprint density at radius 1 is 1.08 bits per heavy atom. The highest BCUT2D eigenvalue weighted by molar-refractivity contribution is 14.1. The fourth-order valence-corrected chi connectivity index (χ4v) is 3.29. The molecule has 0 saturated heterocycles. The molecule has 4 heteroatoms. The number of anilines is 1. The molecule has 2 aromatic rings. The summed E-state index contributed by atoms with van der Waals surface area (Å²) in [6.07, 6.45) is 0.984. The van der Waals surface area contributed by atoms with E-state index in [2.05, 4.69) is 79.0 Å². The lowest BCUT2D eigenvalue weighted by Crippen LogP contribution is -2.06. The van der Waals surface area contributed by atoms with Crippen molar-refractivity contribution in [1.29, 1.82) is 0 Å². The molecule has 0 bridgehead atoms. The second-order valence-corrected chi connectivity index (χ2v) is 6.95. The van der Waals surface area contributed by atoms with Crippen LogP contribution in [0.4, 0.5) is 5.69 Å². The van der Waals surface area contributed by atoms with E-state index < -0.39 is 0 Å². The molecule has 0 saturated carbocycles. The molecule has 24 heavy (non-hydrogen) atoms. The smallest absolute Gasteiger partial charge is 0.174 e. The normalized spacial score (nSPS) is 10.5. The zero-order valence-corrected chi connectivity index (χ0v) is 17.1. The fourth-order valence-electron chi connectivity index (χ4n) is 2.47. The van der Waals surface area contributed by atoms with E-state index >= 15 is 0 Å². The van der Waals surface area contributed by atoms with Gasteiger partial charge < -0.3 is 14.8 Å².